The molecule has 2 aromatic carbocycles. The van der Waals surface area contributed by atoms with Crippen LogP contribution in [0.3, 0.4) is 0 Å². The van der Waals surface area contributed by atoms with Crippen LogP contribution in [0.2, 0.25) is 5.02 Å². The summed E-state index contributed by atoms with van der Waals surface area (Å²) in [5.74, 6) is -1.33. The number of amides is 1. The Labute approximate surface area is 146 Å². The predicted octanol–water partition coefficient (Wildman–Crippen LogP) is 4.65. The Bertz CT molecular complexity index is 694. The third-order valence-electron chi connectivity index (χ3n) is 2.45. The Kier molecular flexibility index (Phi) is 5.08. The smallest absolute Gasteiger partial charge is 0.259 e. The van der Waals surface area contributed by atoms with Crippen molar-refractivity contribution >= 4 is 68.4 Å². The molecule has 0 unspecified atom stereocenters. The largest absolute Gasteiger partial charge is 0.506 e. The van der Waals surface area contributed by atoms with Gasteiger partial charge in [0, 0.05) is 8.59 Å². The highest BCUT2D eigenvalue weighted by Gasteiger charge is 2.16. The molecule has 0 radical (unpaired) electrons. The second-order valence-electron chi connectivity index (χ2n) is 3.86. The molecule has 2 N–H and O–H groups in total. The molecule has 2 rings (SSSR count). The minimum absolute atomic E-state index is 0.0317. The van der Waals surface area contributed by atoms with Gasteiger partial charge in [-0.2, -0.15) is 0 Å². The Morgan fingerprint density at radius 2 is 1.95 bits per heavy atom. The van der Waals surface area contributed by atoms with E-state index in [4.69, 9.17) is 11.6 Å². The number of anilines is 1. The molecule has 2 aromatic rings. The summed E-state index contributed by atoms with van der Waals surface area (Å²) < 4.78 is 14.9. The minimum Gasteiger partial charge on any atom is -0.506 e. The molecule has 0 heterocycles. The molecule has 0 bridgehead atoms. The quantitative estimate of drug-likeness (QED) is 0.571. The lowest BCUT2D eigenvalue weighted by atomic mass is 10.2. The van der Waals surface area contributed by atoms with Crippen LogP contribution >= 0.6 is 56.8 Å². The number of benzene rings is 2. The van der Waals surface area contributed by atoms with Crippen molar-refractivity contribution in [3.63, 3.8) is 0 Å². The van der Waals surface area contributed by atoms with E-state index in [-0.39, 0.29) is 17.0 Å². The van der Waals surface area contributed by atoms with Crippen molar-refractivity contribution in [3.05, 3.63) is 53.9 Å². The lowest BCUT2D eigenvalue weighted by Gasteiger charge is -2.09. The molecule has 0 aliphatic rings. The van der Waals surface area contributed by atoms with Gasteiger partial charge in [-0.25, -0.2) is 4.39 Å². The number of halogens is 4. The zero-order chi connectivity index (χ0) is 14.9. The van der Waals surface area contributed by atoms with Gasteiger partial charge in [0.2, 0.25) is 0 Å². The normalized spacial score (nSPS) is 10.4. The fraction of sp³-hybridized carbons (Fsp3) is 0. The average molecular weight is 517 g/mol. The van der Waals surface area contributed by atoms with E-state index >= 15 is 0 Å². The van der Waals surface area contributed by atoms with Crippen LogP contribution in [-0.4, -0.2) is 11.0 Å². The molecule has 0 fully saturated rings. The predicted molar refractivity (Wildman–Crippen MR) is 92.9 cm³/mol. The molecular weight excluding hydrogens is 510 g/mol. The van der Waals surface area contributed by atoms with Gasteiger partial charge in [-0.1, -0.05) is 11.6 Å². The van der Waals surface area contributed by atoms with Crippen LogP contribution in [0.1, 0.15) is 10.4 Å². The number of hydrogen-bond donors (Lipinski definition) is 2. The van der Waals surface area contributed by atoms with E-state index in [1.165, 1.54) is 18.2 Å². The second-order valence-corrected chi connectivity index (χ2v) is 6.71. The molecule has 0 aliphatic carbocycles. The molecule has 0 saturated carbocycles. The van der Waals surface area contributed by atoms with Crippen molar-refractivity contribution in [1.82, 2.24) is 0 Å². The summed E-state index contributed by atoms with van der Waals surface area (Å²) in [7, 11) is 0. The molecule has 104 valence electrons. The third kappa shape index (κ3) is 3.53. The highest BCUT2D eigenvalue weighted by molar-refractivity contribution is 14.1. The van der Waals surface area contributed by atoms with Gasteiger partial charge < -0.3 is 10.4 Å². The molecule has 0 atom stereocenters. The Morgan fingerprint density at radius 1 is 1.25 bits per heavy atom. The van der Waals surface area contributed by atoms with E-state index in [0.717, 1.165) is 9.64 Å². The van der Waals surface area contributed by atoms with Crippen molar-refractivity contribution in [2.24, 2.45) is 0 Å². The third-order valence-corrected chi connectivity index (χ3v) is 4.13. The summed E-state index contributed by atoms with van der Waals surface area (Å²) in [4.78, 5) is 12.1. The molecule has 1 amide bonds. The first-order chi connectivity index (χ1) is 9.38. The summed E-state index contributed by atoms with van der Waals surface area (Å²) in [6.45, 7) is 0. The van der Waals surface area contributed by atoms with Crippen LogP contribution in [-0.2, 0) is 0 Å². The van der Waals surface area contributed by atoms with Gasteiger partial charge in [0.15, 0.2) is 0 Å². The SMILES string of the molecule is O=C(Nc1cc(Cl)ccc1F)c1cc(I)cc(I)c1O. The number of phenolic OH excluding ortho intramolecular Hbond substituents is 1. The monoisotopic (exact) mass is 517 g/mol. The van der Waals surface area contributed by atoms with Crippen molar-refractivity contribution in [2.45, 2.75) is 0 Å². The maximum atomic E-state index is 13.6. The molecule has 3 nitrogen and oxygen atoms in total. The lowest BCUT2D eigenvalue weighted by molar-refractivity contribution is 0.102. The average Bonchev–Trinajstić information content (AvgIpc) is 2.38. The Balaban J connectivity index is 2.35. The van der Waals surface area contributed by atoms with E-state index in [0.29, 0.717) is 8.59 Å². The number of phenols is 1. The molecule has 0 aromatic heterocycles. The fourth-order valence-electron chi connectivity index (χ4n) is 1.52. The topological polar surface area (TPSA) is 49.3 Å². The molecule has 20 heavy (non-hydrogen) atoms. The van der Waals surface area contributed by atoms with Gasteiger partial charge >= 0.3 is 0 Å². The van der Waals surface area contributed by atoms with Crippen LogP contribution in [0.4, 0.5) is 10.1 Å². The summed E-state index contributed by atoms with van der Waals surface area (Å²) in [6, 6.07) is 7.11. The lowest BCUT2D eigenvalue weighted by Crippen LogP contribution is -2.14. The second kappa shape index (κ2) is 6.44. The van der Waals surface area contributed by atoms with Gasteiger partial charge in [0.1, 0.15) is 11.6 Å². The van der Waals surface area contributed by atoms with E-state index in [9.17, 15) is 14.3 Å². The van der Waals surface area contributed by atoms with Gasteiger partial charge in [-0.05, 0) is 75.5 Å². The molecular formula is C13H7ClFI2NO2. The minimum atomic E-state index is -0.597. The van der Waals surface area contributed by atoms with Gasteiger partial charge in [-0.3, -0.25) is 4.79 Å². The van der Waals surface area contributed by atoms with Crippen LogP contribution < -0.4 is 5.32 Å². The summed E-state index contributed by atoms with van der Waals surface area (Å²) in [6.07, 6.45) is 0. The fourth-order valence-corrected chi connectivity index (χ4v) is 3.54. The maximum absolute atomic E-state index is 13.6. The number of rotatable bonds is 2. The van der Waals surface area contributed by atoms with Gasteiger partial charge in [0.25, 0.3) is 5.91 Å². The summed E-state index contributed by atoms with van der Waals surface area (Å²) in [5.41, 5.74) is 0.0523. The first-order valence-corrected chi connectivity index (χ1v) is 7.86. The van der Waals surface area contributed by atoms with Crippen molar-refractivity contribution in [2.75, 3.05) is 5.32 Å². The summed E-state index contributed by atoms with van der Waals surface area (Å²) in [5, 5.41) is 12.6. The number of hydrogen-bond acceptors (Lipinski definition) is 2. The van der Waals surface area contributed by atoms with Gasteiger partial charge in [-0.15, -0.1) is 0 Å². The first kappa shape index (κ1) is 15.8. The first-order valence-electron chi connectivity index (χ1n) is 5.33. The molecule has 0 aliphatic heterocycles. The van der Waals surface area contributed by atoms with Crippen LogP contribution in [0.25, 0.3) is 0 Å². The van der Waals surface area contributed by atoms with Crippen LogP contribution in [0.5, 0.6) is 5.75 Å². The highest BCUT2D eigenvalue weighted by atomic mass is 127. The van der Waals surface area contributed by atoms with Crippen molar-refractivity contribution in [3.8, 4) is 5.75 Å². The number of carbonyl (C=O) groups is 1. The number of nitrogens with one attached hydrogen (secondary N) is 1. The van der Waals surface area contributed by atoms with E-state index in [1.54, 1.807) is 6.07 Å². The molecule has 0 spiro atoms. The van der Waals surface area contributed by atoms with Gasteiger partial charge in [0.05, 0.1) is 14.8 Å². The zero-order valence-corrected chi connectivity index (χ0v) is 14.8. The van der Waals surface area contributed by atoms with Crippen molar-refractivity contribution in [1.29, 1.82) is 0 Å². The number of carbonyl (C=O) groups excluding carboxylic acids is 1. The standard InChI is InChI=1S/C13H7ClFI2NO2/c14-6-1-2-9(15)11(3-6)18-13(20)8-4-7(16)5-10(17)12(8)19/h1-5,19H,(H,18,20). The highest BCUT2D eigenvalue weighted by Crippen LogP contribution is 2.28. The molecule has 0 saturated heterocycles. The Hall–Kier alpha value is -0.610. The van der Waals surface area contributed by atoms with Crippen LogP contribution in [0, 0.1) is 13.0 Å². The zero-order valence-electron chi connectivity index (χ0n) is 9.75. The number of aromatic hydroxyl groups is 1. The maximum Gasteiger partial charge on any atom is 0.259 e. The Morgan fingerprint density at radius 3 is 2.65 bits per heavy atom. The summed E-state index contributed by atoms with van der Waals surface area (Å²) >= 11 is 9.71. The van der Waals surface area contributed by atoms with Crippen LogP contribution in [0.15, 0.2) is 30.3 Å². The van der Waals surface area contributed by atoms with E-state index in [2.05, 4.69) is 5.32 Å². The molecule has 7 heteroatoms. The van der Waals surface area contributed by atoms with E-state index < -0.39 is 11.7 Å². The van der Waals surface area contributed by atoms with E-state index in [1.807, 2.05) is 45.2 Å². The van der Waals surface area contributed by atoms with Crippen molar-refractivity contribution < 1.29 is 14.3 Å².